The van der Waals surface area contributed by atoms with E-state index in [0.29, 0.717) is 17.8 Å². The van der Waals surface area contributed by atoms with Gasteiger partial charge in [0, 0.05) is 31.1 Å². The second-order valence-electron chi connectivity index (χ2n) is 9.20. The number of aromatic amines is 1. The Bertz CT molecular complexity index is 1250. The third-order valence-corrected chi connectivity index (χ3v) is 6.18. The van der Waals surface area contributed by atoms with Crippen molar-refractivity contribution in [1.82, 2.24) is 31.1 Å². The van der Waals surface area contributed by atoms with Crippen LogP contribution >= 0.6 is 0 Å². The van der Waals surface area contributed by atoms with Gasteiger partial charge in [-0.15, -0.1) is 10.2 Å². The van der Waals surface area contributed by atoms with Crippen molar-refractivity contribution in [3.05, 3.63) is 65.4 Å². The van der Waals surface area contributed by atoms with Gasteiger partial charge in [0.25, 0.3) is 0 Å². The molecule has 1 unspecified atom stereocenters. The minimum absolute atomic E-state index is 0.150. The quantitative estimate of drug-likeness (QED) is 0.315. The van der Waals surface area contributed by atoms with Crippen molar-refractivity contribution in [2.45, 2.75) is 46.6 Å². The molecule has 194 valence electrons. The van der Waals surface area contributed by atoms with Gasteiger partial charge in [-0.1, -0.05) is 69.3 Å². The van der Waals surface area contributed by atoms with Gasteiger partial charge in [0.2, 0.25) is 12.6 Å². The number of esters is 2. The van der Waals surface area contributed by atoms with Crippen LogP contribution in [0.3, 0.4) is 0 Å². The van der Waals surface area contributed by atoms with Crippen molar-refractivity contribution in [2.24, 2.45) is 5.92 Å². The number of nitrogens with one attached hydrogen (secondary N) is 2. The first kappa shape index (κ1) is 26.0. The van der Waals surface area contributed by atoms with Crippen LogP contribution in [0.5, 0.6) is 0 Å². The monoisotopic (exact) mass is 504 g/mol. The topological polar surface area (TPSA) is 122 Å². The highest BCUT2D eigenvalue weighted by Gasteiger charge is 2.37. The maximum absolute atomic E-state index is 13.1. The van der Waals surface area contributed by atoms with Crippen LogP contribution in [0.4, 0.5) is 0 Å². The zero-order valence-corrected chi connectivity index (χ0v) is 21.5. The van der Waals surface area contributed by atoms with E-state index in [4.69, 9.17) is 9.47 Å². The molecule has 0 bridgehead atoms. The molecule has 0 saturated heterocycles. The van der Waals surface area contributed by atoms with Gasteiger partial charge in [0.15, 0.2) is 0 Å². The number of rotatable bonds is 10. The SMILES string of the molecule is CCCN1NC(C(C)C)C(C(=O)OCOC(C)=O)=C1Cc1ccc(-c2ccccc2-c2nn[nH]n2)cc1. The number of hydrazine groups is 1. The summed E-state index contributed by atoms with van der Waals surface area (Å²) in [6.07, 6.45) is 1.45. The minimum Gasteiger partial charge on any atom is -0.428 e. The van der Waals surface area contributed by atoms with Gasteiger partial charge in [0.1, 0.15) is 0 Å². The van der Waals surface area contributed by atoms with E-state index in [1.54, 1.807) is 0 Å². The highest BCUT2D eigenvalue weighted by atomic mass is 16.7. The molecule has 4 rings (SSSR count). The molecule has 0 amide bonds. The molecule has 0 fully saturated rings. The second kappa shape index (κ2) is 11.8. The molecular weight excluding hydrogens is 472 g/mol. The standard InChI is InChI=1S/C27H32N6O4/c1-5-14-33-23(24(25(30-33)17(2)3)27(35)37-16-36-18(4)34)15-19-10-12-20(13-11-19)21-8-6-7-9-22(21)26-28-31-32-29-26/h6-13,17,25,30H,5,14-16H2,1-4H3,(H,28,29,31,32). The molecule has 1 aromatic heterocycles. The van der Waals surface area contributed by atoms with Crippen LogP contribution < -0.4 is 5.43 Å². The fourth-order valence-electron chi connectivity index (χ4n) is 4.42. The fraction of sp³-hybridized carbons (Fsp3) is 0.370. The zero-order chi connectivity index (χ0) is 26.4. The molecule has 37 heavy (non-hydrogen) atoms. The molecule has 1 aliphatic heterocycles. The Morgan fingerprint density at radius 2 is 1.78 bits per heavy atom. The highest BCUT2D eigenvalue weighted by Crippen LogP contribution is 2.32. The van der Waals surface area contributed by atoms with Crippen molar-refractivity contribution in [2.75, 3.05) is 13.3 Å². The number of H-pyrrole nitrogens is 1. The normalized spacial score (nSPS) is 15.4. The molecule has 1 atom stereocenters. The molecule has 0 aliphatic carbocycles. The molecule has 0 spiro atoms. The van der Waals surface area contributed by atoms with Gasteiger partial charge in [-0.05, 0) is 34.2 Å². The average Bonchev–Trinajstić information content (AvgIpc) is 3.54. The van der Waals surface area contributed by atoms with Crippen molar-refractivity contribution in [3.63, 3.8) is 0 Å². The molecule has 1 aliphatic rings. The summed E-state index contributed by atoms with van der Waals surface area (Å²) in [5.41, 5.74) is 8.88. The number of aromatic nitrogens is 4. The first-order chi connectivity index (χ1) is 17.9. The van der Waals surface area contributed by atoms with Crippen molar-refractivity contribution in [1.29, 1.82) is 0 Å². The first-order valence-electron chi connectivity index (χ1n) is 12.4. The molecule has 10 heteroatoms. The van der Waals surface area contributed by atoms with Crippen molar-refractivity contribution in [3.8, 4) is 22.5 Å². The van der Waals surface area contributed by atoms with E-state index in [9.17, 15) is 9.59 Å². The predicted octanol–water partition coefficient (Wildman–Crippen LogP) is 3.65. The van der Waals surface area contributed by atoms with Crippen LogP contribution in [0.15, 0.2) is 59.8 Å². The van der Waals surface area contributed by atoms with Crippen LogP contribution in [-0.4, -0.2) is 57.0 Å². The number of allylic oxidation sites excluding steroid dienone is 1. The lowest BCUT2D eigenvalue weighted by Crippen LogP contribution is -2.41. The number of hydrogen-bond donors (Lipinski definition) is 2. The van der Waals surface area contributed by atoms with E-state index >= 15 is 0 Å². The molecular formula is C27H32N6O4. The Balaban J connectivity index is 1.63. The van der Waals surface area contributed by atoms with E-state index < -0.39 is 18.7 Å². The van der Waals surface area contributed by atoms with Crippen LogP contribution in [0.1, 0.15) is 39.7 Å². The van der Waals surface area contributed by atoms with Gasteiger partial charge in [-0.3, -0.25) is 4.79 Å². The summed E-state index contributed by atoms with van der Waals surface area (Å²) in [5, 5.41) is 16.5. The Morgan fingerprint density at radius 3 is 2.41 bits per heavy atom. The van der Waals surface area contributed by atoms with E-state index in [1.165, 1.54) is 6.92 Å². The summed E-state index contributed by atoms with van der Waals surface area (Å²) in [6, 6.07) is 15.9. The molecule has 3 aromatic rings. The summed E-state index contributed by atoms with van der Waals surface area (Å²) in [6.45, 7) is 7.82. The molecule has 0 saturated carbocycles. The molecule has 0 radical (unpaired) electrons. The minimum atomic E-state index is -0.499. The Morgan fingerprint density at radius 1 is 1.05 bits per heavy atom. The number of nitrogens with zero attached hydrogens (tertiary/aromatic N) is 4. The van der Waals surface area contributed by atoms with Gasteiger partial charge in [-0.25, -0.2) is 10.2 Å². The van der Waals surface area contributed by atoms with E-state index in [0.717, 1.165) is 40.9 Å². The second-order valence-corrected chi connectivity index (χ2v) is 9.20. The van der Waals surface area contributed by atoms with Gasteiger partial charge in [-0.2, -0.15) is 5.21 Å². The highest BCUT2D eigenvalue weighted by molar-refractivity contribution is 5.91. The third-order valence-electron chi connectivity index (χ3n) is 6.18. The number of ether oxygens (including phenoxy) is 2. The van der Waals surface area contributed by atoms with Crippen molar-refractivity contribution < 1.29 is 19.1 Å². The van der Waals surface area contributed by atoms with E-state index in [1.807, 2.05) is 29.3 Å². The van der Waals surface area contributed by atoms with Gasteiger partial charge in [0.05, 0.1) is 11.6 Å². The molecule has 10 nitrogen and oxygen atoms in total. The van der Waals surface area contributed by atoms with Crippen LogP contribution in [0.2, 0.25) is 0 Å². The lowest BCUT2D eigenvalue weighted by molar-refractivity contribution is -0.163. The number of hydrogen-bond acceptors (Lipinski definition) is 9. The molecule has 2 N–H and O–H groups in total. The first-order valence-corrected chi connectivity index (χ1v) is 12.4. The number of carbonyl (C=O) groups excluding carboxylic acids is 2. The van der Waals surface area contributed by atoms with E-state index in [2.05, 4.69) is 71.1 Å². The summed E-state index contributed by atoms with van der Waals surface area (Å²) in [7, 11) is 0. The Kier molecular flexibility index (Phi) is 8.29. The Hall–Kier alpha value is -4.05. The average molecular weight is 505 g/mol. The lowest BCUT2D eigenvalue weighted by atomic mass is 9.93. The van der Waals surface area contributed by atoms with Crippen LogP contribution in [-0.2, 0) is 25.5 Å². The summed E-state index contributed by atoms with van der Waals surface area (Å²) in [5.74, 6) is -0.293. The Labute approximate surface area is 216 Å². The lowest BCUT2D eigenvalue weighted by Gasteiger charge is -2.24. The van der Waals surface area contributed by atoms with E-state index in [-0.39, 0.29) is 12.0 Å². The summed E-state index contributed by atoms with van der Waals surface area (Å²) in [4.78, 5) is 24.2. The van der Waals surface area contributed by atoms with Gasteiger partial charge >= 0.3 is 11.9 Å². The summed E-state index contributed by atoms with van der Waals surface area (Å²) < 4.78 is 10.1. The third kappa shape index (κ3) is 6.03. The molecule has 2 heterocycles. The van der Waals surface area contributed by atoms with Crippen LogP contribution in [0.25, 0.3) is 22.5 Å². The molecule has 2 aromatic carbocycles. The largest absolute Gasteiger partial charge is 0.428 e. The summed E-state index contributed by atoms with van der Waals surface area (Å²) >= 11 is 0. The number of carbonyl (C=O) groups is 2. The maximum atomic E-state index is 13.1. The predicted molar refractivity (Wildman–Crippen MR) is 137 cm³/mol. The number of tetrazole rings is 1. The smallest absolute Gasteiger partial charge is 0.340 e. The van der Waals surface area contributed by atoms with Crippen molar-refractivity contribution >= 4 is 11.9 Å². The maximum Gasteiger partial charge on any atom is 0.340 e. The number of benzene rings is 2. The fourth-order valence-corrected chi connectivity index (χ4v) is 4.42. The zero-order valence-electron chi connectivity index (χ0n) is 21.5. The van der Waals surface area contributed by atoms with Crippen LogP contribution in [0, 0.1) is 5.92 Å². The van der Waals surface area contributed by atoms with Gasteiger partial charge < -0.3 is 14.5 Å².